The first-order valence-corrected chi connectivity index (χ1v) is 10.7. The van der Waals surface area contributed by atoms with Crippen LogP contribution in [-0.2, 0) is 0 Å². The second kappa shape index (κ2) is 10.7. The van der Waals surface area contributed by atoms with Gasteiger partial charge in [-0.3, -0.25) is 4.98 Å². The van der Waals surface area contributed by atoms with Crippen LogP contribution in [0.25, 0.3) is 22.4 Å². The average molecular weight is 455 g/mol. The SMILES string of the molecule is C[C@@H](CN1CCC(c2cc(-c3ccncc3)c(-c3ccc(F)cc3)[nH]2)CC1)N=C(N)N.S. The van der Waals surface area contributed by atoms with Gasteiger partial charge in [-0.05, 0) is 86.4 Å². The Balaban J connectivity index is 0.00000289. The molecule has 8 heteroatoms. The fraction of sp³-hybridized carbons (Fsp3) is 0.333. The zero-order valence-corrected chi connectivity index (χ0v) is 19.3. The Morgan fingerprint density at radius 3 is 2.41 bits per heavy atom. The zero-order valence-electron chi connectivity index (χ0n) is 18.3. The van der Waals surface area contributed by atoms with Crippen molar-refractivity contribution in [1.82, 2.24) is 14.9 Å². The first-order valence-electron chi connectivity index (χ1n) is 10.7. The van der Waals surface area contributed by atoms with Crippen molar-refractivity contribution in [3.63, 3.8) is 0 Å². The normalized spacial score (nSPS) is 15.7. The molecule has 1 atom stereocenters. The molecule has 1 fully saturated rings. The molecule has 0 unspecified atom stereocenters. The van der Waals surface area contributed by atoms with E-state index >= 15 is 0 Å². The number of piperidine rings is 1. The highest BCUT2D eigenvalue weighted by Gasteiger charge is 2.24. The van der Waals surface area contributed by atoms with Crippen LogP contribution in [0.4, 0.5) is 4.39 Å². The Labute approximate surface area is 195 Å². The van der Waals surface area contributed by atoms with Gasteiger partial charge in [0.2, 0.25) is 0 Å². The minimum Gasteiger partial charge on any atom is -0.370 e. The minimum absolute atomic E-state index is 0. The molecule has 0 spiro atoms. The number of aromatic nitrogens is 2. The molecule has 1 aliphatic heterocycles. The maximum absolute atomic E-state index is 13.5. The Bertz CT molecular complexity index is 1020. The van der Waals surface area contributed by atoms with Crippen molar-refractivity contribution in [3.8, 4) is 22.4 Å². The van der Waals surface area contributed by atoms with E-state index in [1.165, 1.54) is 17.8 Å². The number of halogens is 1. The number of benzene rings is 1. The number of hydrogen-bond acceptors (Lipinski definition) is 3. The van der Waals surface area contributed by atoms with Crippen LogP contribution in [0.3, 0.4) is 0 Å². The molecule has 4 rings (SSSR count). The number of nitrogens with zero attached hydrogens (tertiary/aromatic N) is 3. The smallest absolute Gasteiger partial charge is 0.186 e. The van der Waals surface area contributed by atoms with Gasteiger partial charge < -0.3 is 21.4 Å². The van der Waals surface area contributed by atoms with E-state index in [9.17, 15) is 4.39 Å². The summed E-state index contributed by atoms with van der Waals surface area (Å²) in [7, 11) is 0. The number of pyridine rings is 1. The molecular formula is C24H31FN6S. The second-order valence-corrected chi connectivity index (χ2v) is 8.23. The predicted octanol–water partition coefficient (Wildman–Crippen LogP) is 3.84. The van der Waals surface area contributed by atoms with E-state index < -0.39 is 0 Å². The lowest BCUT2D eigenvalue weighted by Crippen LogP contribution is -2.38. The molecule has 32 heavy (non-hydrogen) atoms. The Hall–Kier alpha value is -2.84. The third-order valence-electron chi connectivity index (χ3n) is 5.88. The molecule has 170 valence electrons. The largest absolute Gasteiger partial charge is 0.370 e. The van der Waals surface area contributed by atoms with Crippen molar-refractivity contribution in [2.45, 2.75) is 31.7 Å². The number of nitrogens with one attached hydrogen (secondary N) is 1. The van der Waals surface area contributed by atoms with Gasteiger partial charge in [-0.25, -0.2) is 9.38 Å². The summed E-state index contributed by atoms with van der Waals surface area (Å²) in [6.07, 6.45) is 5.72. The van der Waals surface area contributed by atoms with Gasteiger partial charge in [0.05, 0.1) is 11.7 Å². The summed E-state index contributed by atoms with van der Waals surface area (Å²) in [5.41, 5.74) is 16.4. The van der Waals surface area contributed by atoms with Crippen molar-refractivity contribution in [2.24, 2.45) is 16.5 Å². The Kier molecular flexibility index (Phi) is 7.93. The highest BCUT2D eigenvalue weighted by Crippen LogP contribution is 2.37. The van der Waals surface area contributed by atoms with E-state index in [4.69, 9.17) is 11.5 Å². The summed E-state index contributed by atoms with van der Waals surface area (Å²) in [5.74, 6) is 0.360. The van der Waals surface area contributed by atoms with Gasteiger partial charge in [-0.15, -0.1) is 0 Å². The van der Waals surface area contributed by atoms with E-state index in [0.717, 1.165) is 54.9 Å². The van der Waals surface area contributed by atoms with Crippen molar-refractivity contribution >= 4 is 19.5 Å². The summed E-state index contributed by atoms with van der Waals surface area (Å²) < 4.78 is 13.5. The quantitative estimate of drug-likeness (QED) is 0.389. The van der Waals surface area contributed by atoms with Crippen LogP contribution in [0.2, 0.25) is 0 Å². The molecule has 0 radical (unpaired) electrons. The molecular weight excluding hydrogens is 423 g/mol. The number of aromatic amines is 1. The van der Waals surface area contributed by atoms with Gasteiger partial charge in [0.15, 0.2) is 5.96 Å². The number of aliphatic imine (C=N–C) groups is 1. The third kappa shape index (κ3) is 5.69. The van der Waals surface area contributed by atoms with Crippen LogP contribution >= 0.6 is 13.5 Å². The topological polar surface area (TPSA) is 96.3 Å². The maximum Gasteiger partial charge on any atom is 0.186 e. The van der Waals surface area contributed by atoms with Crippen LogP contribution in [0.15, 0.2) is 59.9 Å². The lowest BCUT2D eigenvalue weighted by Gasteiger charge is -2.32. The summed E-state index contributed by atoms with van der Waals surface area (Å²) >= 11 is 0. The molecule has 3 aromatic rings. The van der Waals surface area contributed by atoms with E-state index in [1.54, 1.807) is 12.4 Å². The standard InChI is InChI=1S/C24H29FN6.H2S/c1-16(29-24(26)27)15-31-12-8-18(9-13-31)22-14-21(17-6-10-28-11-7-17)23(30-22)19-2-4-20(25)5-3-19;/h2-7,10-11,14,16,18,30H,8-9,12-13,15H2,1H3,(H4,26,27,29);1H2/t16-;/m0./s1. The van der Waals surface area contributed by atoms with Crippen molar-refractivity contribution < 1.29 is 4.39 Å². The van der Waals surface area contributed by atoms with Crippen LogP contribution in [0.1, 0.15) is 31.4 Å². The highest BCUT2D eigenvalue weighted by atomic mass is 32.1. The first-order chi connectivity index (χ1) is 15.0. The third-order valence-corrected chi connectivity index (χ3v) is 5.88. The number of hydrogen-bond donors (Lipinski definition) is 3. The molecule has 1 aliphatic rings. The van der Waals surface area contributed by atoms with Gasteiger partial charge in [-0.2, -0.15) is 13.5 Å². The van der Waals surface area contributed by atoms with Gasteiger partial charge >= 0.3 is 0 Å². The number of guanidine groups is 1. The molecule has 5 N–H and O–H groups in total. The van der Waals surface area contributed by atoms with E-state index in [2.05, 4.69) is 25.9 Å². The zero-order chi connectivity index (χ0) is 21.8. The van der Waals surface area contributed by atoms with Gasteiger partial charge in [-0.1, -0.05) is 0 Å². The summed E-state index contributed by atoms with van der Waals surface area (Å²) in [5, 5.41) is 0. The summed E-state index contributed by atoms with van der Waals surface area (Å²) in [6.45, 7) is 4.90. The maximum atomic E-state index is 13.5. The fourth-order valence-electron chi connectivity index (χ4n) is 4.39. The lowest BCUT2D eigenvalue weighted by atomic mass is 9.92. The van der Waals surface area contributed by atoms with Crippen LogP contribution in [-0.4, -0.2) is 46.5 Å². The van der Waals surface area contributed by atoms with Crippen LogP contribution in [0, 0.1) is 5.82 Å². The monoisotopic (exact) mass is 454 g/mol. The Morgan fingerprint density at radius 2 is 1.78 bits per heavy atom. The van der Waals surface area contributed by atoms with Gasteiger partial charge in [0, 0.05) is 36.1 Å². The molecule has 2 aromatic heterocycles. The van der Waals surface area contributed by atoms with Crippen molar-refractivity contribution in [1.29, 1.82) is 0 Å². The summed E-state index contributed by atoms with van der Waals surface area (Å²) in [4.78, 5) is 14.4. The number of H-pyrrole nitrogens is 1. The van der Waals surface area contributed by atoms with Crippen LogP contribution < -0.4 is 11.5 Å². The highest BCUT2D eigenvalue weighted by molar-refractivity contribution is 7.59. The van der Waals surface area contributed by atoms with Crippen molar-refractivity contribution in [3.05, 3.63) is 66.4 Å². The molecule has 3 heterocycles. The predicted molar refractivity (Wildman–Crippen MR) is 133 cm³/mol. The molecule has 0 bridgehead atoms. The van der Waals surface area contributed by atoms with E-state index in [-0.39, 0.29) is 31.3 Å². The first kappa shape index (κ1) is 23.8. The lowest BCUT2D eigenvalue weighted by molar-refractivity contribution is 0.203. The van der Waals surface area contributed by atoms with E-state index in [1.807, 2.05) is 31.2 Å². The number of likely N-dealkylation sites (tertiary alicyclic amines) is 1. The average Bonchev–Trinajstić information content (AvgIpc) is 3.20. The van der Waals surface area contributed by atoms with Crippen molar-refractivity contribution in [2.75, 3.05) is 19.6 Å². The molecule has 6 nitrogen and oxygen atoms in total. The summed E-state index contributed by atoms with van der Waals surface area (Å²) in [6, 6.07) is 13.0. The Morgan fingerprint density at radius 1 is 1.12 bits per heavy atom. The molecule has 1 aromatic carbocycles. The molecule has 0 saturated carbocycles. The number of nitrogens with two attached hydrogens (primary N) is 2. The van der Waals surface area contributed by atoms with E-state index in [0.29, 0.717) is 5.92 Å². The van der Waals surface area contributed by atoms with Gasteiger partial charge in [0.1, 0.15) is 5.82 Å². The minimum atomic E-state index is -0.233. The second-order valence-electron chi connectivity index (χ2n) is 8.23. The number of rotatable bonds is 6. The fourth-order valence-corrected chi connectivity index (χ4v) is 4.39. The molecule has 1 saturated heterocycles. The molecule has 0 aliphatic carbocycles. The molecule has 0 amide bonds. The van der Waals surface area contributed by atoms with Gasteiger partial charge in [0.25, 0.3) is 0 Å². The van der Waals surface area contributed by atoms with Crippen LogP contribution in [0.5, 0.6) is 0 Å².